The predicted octanol–water partition coefficient (Wildman–Crippen LogP) is 3.59. The monoisotopic (exact) mass is 429 g/mol. The molecule has 0 bridgehead atoms. The summed E-state index contributed by atoms with van der Waals surface area (Å²) < 4.78 is 18.0. The third-order valence-corrected chi connectivity index (χ3v) is 5.52. The Kier molecular flexibility index (Phi) is 6.83. The Labute approximate surface area is 177 Å². The standard InChI is InChI=1S/C21H20FN3O4S/c1-3-29-20(28)13-4-8-15(9-5-13)23-19(27)17-12-18(26)25(2)21(30-17)24-16-10-6-14(22)7-11-16/h4-11,17H,3,12H2,1-2H3,(H,23,27). The molecule has 1 N–H and O–H groups in total. The Balaban J connectivity index is 1.70. The lowest BCUT2D eigenvalue weighted by molar-refractivity contribution is -0.128. The number of esters is 1. The quantitative estimate of drug-likeness (QED) is 0.734. The maximum Gasteiger partial charge on any atom is 0.338 e. The van der Waals surface area contributed by atoms with Crippen LogP contribution in [0, 0.1) is 5.82 Å². The highest BCUT2D eigenvalue weighted by atomic mass is 32.2. The zero-order valence-electron chi connectivity index (χ0n) is 16.4. The van der Waals surface area contributed by atoms with E-state index in [4.69, 9.17) is 4.74 Å². The van der Waals surface area contributed by atoms with Crippen LogP contribution in [0.4, 0.5) is 15.8 Å². The number of nitrogens with zero attached hydrogens (tertiary/aromatic N) is 2. The number of nitrogens with one attached hydrogen (secondary N) is 1. The van der Waals surface area contributed by atoms with E-state index in [1.165, 1.54) is 29.2 Å². The number of aliphatic imine (C=N–C) groups is 1. The second kappa shape index (κ2) is 9.53. The lowest BCUT2D eigenvalue weighted by Gasteiger charge is -2.28. The molecule has 3 rings (SSSR count). The van der Waals surface area contributed by atoms with E-state index in [1.807, 2.05) is 0 Å². The fourth-order valence-corrected chi connectivity index (χ4v) is 3.72. The Hall–Kier alpha value is -3.20. The average Bonchev–Trinajstić information content (AvgIpc) is 2.73. The van der Waals surface area contributed by atoms with Gasteiger partial charge in [-0.2, -0.15) is 0 Å². The summed E-state index contributed by atoms with van der Waals surface area (Å²) in [4.78, 5) is 42.5. The molecular formula is C21H20FN3O4S. The Morgan fingerprint density at radius 3 is 2.50 bits per heavy atom. The van der Waals surface area contributed by atoms with Crippen molar-refractivity contribution in [2.24, 2.45) is 4.99 Å². The van der Waals surface area contributed by atoms with Gasteiger partial charge in [0.25, 0.3) is 0 Å². The van der Waals surface area contributed by atoms with Crippen molar-refractivity contribution in [2.45, 2.75) is 18.6 Å². The third-order valence-electron chi connectivity index (χ3n) is 4.28. The van der Waals surface area contributed by atoms with Gasteiger partial charge in [-0.25, -0.2) is 14.2 Å². The van der Waals surface area contributed by atoms with Crippen molar-refractivity contribution in [3.63, 3.8) is 0 Å². The topological polar surface area (TPSA) is 88.1 Å². The molecule has 1 fully saturated rings. The van der Waals surface area contributed by atoms with E-state index in [0.29, 0.717) is 22.1 Å². The van der Waals surface area contributed by atoms with Crippen molar-refractivity contribution < 1.29 is 23.5 Å². The molecule has 30 heavy (non-hydrogen) atoms. The molecule has 0 spiro atoms. The number of halogens is 1. The minimum absolute atomic E-state index is 0.0242. The summed E-state index contributed by atoms with van der Waals surface area (Å²) in [5.41, 5.74) is 1.36. The fraction of sp³-hybridized carbons (Fsp3) is 0.238. The van der Waals surface area contributed by atoms with Gasteiger partial charge in [0, 0.05) is 19.2 Å². The second-order valence-electron chi connectivity index (χ2n) is 6.42. The number of rotatable bonds is 5. The lowest BCUT2D eigenvalue weighted by Crippen LogP contribution is -2.43. The van der Waals surface area contributed by atoms with E-state index >= 15 is 0 Å². The van der Waals surface area contributed by atoms with Gasteiger partial charge in [0.15, 0.2) is 5.17 Å². The van der Waals surface area contributed by atoms with Gasteiger partial charge in [-0.05, 0) is 55.5 Å². The van der Waals surface area contributed by atoms with Crippen molar-refractivity contribution in [1.29, 1.82) is 0 Å². The summed E-state index contributed by atoms with van der Waals surface area (Å²) in [5.74, 6) is -1.41. The van der Waals surface area contributed by atoms with Crippen molar-refractivity contribution in [2.75, 3.05) is 19.0 Å². The fourth-order valence-electron chi connectivity index (χ4n) is 2.65. The maximum absolute atomic E-state index is 13.1. The number of hydrogen-bond donors (Lipinski definition) is 1. The van der Waals surface area contributed by atoms with E-state index in [0.717, 1.165) is 11.8 Å². The molecule has 1 atom stereocenters. The largest absolute Gasteiger partial charge is 0.462 e. The number of anilines is 1. The van der Waals surface area contributed by atoms with Crippen molar-refractivity contribution in [3.05, 3.63) is 59.9 Å². The molecule has 0 aliphatic carbocycles. The molecule has 2 amide bonds. The van der Waals surface area contributed by atoms with Crippen LogP contribution in [0.5, 0.6) is 0 Å². The first-order valence-corrected chi connectivity index (χ1v) is 10.1. The molecule has 156 valence electrons. The normalized spacial score (nSPS) is 17.7. The van der Waals surface area contributed by atoms with Gasteiger partial charge in [0.2, 0.25) is 11.8 Å². The molecule has 1 unspecified atom stereocenters. The molecule has 1 aliphatic rings. The number of ether oxygens (including phenoxy) is 1. The van der Waals surface area contributed by atoms with Crippen LogP contribution in [0.1, 0.15) is 23.7 Å². The van der Waals surface area contributed by atoms with E-state index in [9.17, 15) is 18.8 Å². The van der Waals surface area contributed by atoms with Crippen LogP contribution in [-0.4, -0.2) is 46.8 Å². The average molecular weight is 429 g/mol. The number of carbonyl (C=O) groups is 3. The summed E-state index contributed by atoms with van der Waals surface area (Å²) in [5, 5.41) is 2.44. The van der Waals surface area contributed by atoms with Crippen molar-refractivity contribution in [1.82, 2.24) is 4.90 Å². The number of benzene rings is 2. The molecule has 7 nitrogen and oxygen atoms in total. The van der Waals surface area contributed by atoms with Gasteiger partial charge in [-0.3, -0.25) is 14.5 Å². The number of thioether (sulfide) groups is 1. The number of amides is 2. The third kappa shape index (κ3) is 5.24. The van der Waals surface area contributed by atoms with Crippen LogP contribution in [0.3, 0.4) is 0 Å². The van der Waals surface area contributed by atoms with Crippen molar-refractivity contribution in [3.8, 4) is 0 Å². The first kappa shape index (κ1) is 21.5. The number of hydrogen-bond acceptors (Lipinski definition) is 6. The Bertz CT molecular complexity index is 977. The van der Waals surface area contributed by atoms with Gasteiger partial charge in [0.05, 0.1) is 17.9 Å². The molecule has 1 aliphatic heterocycles. The maximum atomic E-state index is 13.1. The minimum Gasteiger partial charge on any atom is -0.462 e. The number of amidine groups is 1. The molecule has 9 heteroatoms. The summed E-state index contributed by atoms with van der Waals surface area (Å²) >= 11 is 1.16. The Morgan fingerprint density at radius 1 is 1.20 bits per heavy atom. The van der Waals surface area contributed by atoms with Gasteiger partial charge < -0.3 is 10.1 Å². The molecule has 0 saturated carbocycles. The van der Waals surface area contributed by atoms with E-state index in [2.05, 4.69) is 10.3 Å². The first-order chi connectivity index (χ1) is 14.4. The van der Waals surface area contributed by atoms with Gasteiger partial charge in [-0.1, -0.05) is 11.8 Å². The summed E-state index contributed by atoms with van der Waals surface area (Å²) in [7, 11) is 1.58. The lowest BCUT2D eigenvalue weighted by atomic mass is 10.2. The second-order valence-corrected chi connectivity index (χ2v) is 7.59. The zero-order chi connectivity index (χ0) is 21.7. The van der Waals surface area contributed by atoms with Crippen LogP contribution in [0.25, 0.3) is 0 Å². The van der Waals surface area contributed by atoms with Crippen LogP contribution in [0.15, 0.2) is 53.5 Å². The van der Waals surface area contributed by atoms with Gasteiger partial charge in [-0.15, -0.1) is 0 Å². The summed E-state index contributed by atoms with van der Waals surface area (Å²) in [6, 6.07) is 11.9. The smallest absolute Gasteiger partial charge is 0.338 e. The van der Waals surface area contributed by atoms with E-state index < -0.39 is 11.2 Å². The molecule has 0 aromatic heterocycles. The van der Waals surface area contributed by atoms with E-state index in [-0.39, 0.29) is 30.7 Å². The highest BCUT2D eigenvalue weighted by Crippen LogP contribution is 2.29. The predicted molar refractivity (Wildman–Crippen MR) is 113 cm³/mol. The van der Waals surface area contributed by atoms with Crippen LogP contribution in [-0.2, 0) is 14.3 Å². The highest BCUT2D eigenvalue weighted by molar-refractivity contribution is 8.15. The van der Waals surface area contributed by atoms with Crippen LogP contribution in [0.2, 0.25) is 0 Å². The van der Waals surface area contributed by atoms with Gasteiger partial charge in [0.1, 0.15) is 11.1 Å². The molecule has 1 saturated heterocycles. The summed E-state index contributed by atoms with van der Waals surface area (Å²) in [6.45, 7) is 2.00. The number of carbonyl (C=O) groups excluding carboxylic acids is 3. The summed E-state index contributed by atoms with van der Waals surface area (Å²) in [6.07, 6.45) is 0.0242. The molecule has 2 aromatic carbocycles. The molecule has 2 aromatic rings. The molecular weight excluding hydrogens is 409 g/mol. The van der Waals surface area contributed by atoms with Gasteiger partial charge >= 0.3 is 5.97 Å². The zero-order valence-corrected chi connectivity index (χ0v) is 17.2. The highest BCUT2D eigenvalue weighted by Gasteiger charge is 2.34. The minimum atomic E-state index is -0.669. The SMILES string of the molecule is CCOC(=O)c1ccc(NC(=O)C2CC(=O)N(C)C(=Nc3ccc(F)cc3)S2)cc1. The Morgan fingerprint density at radius 2 is 1.87 bits per heavy atom. The molecule has 0 radical (unpaired) electrons. The first-order valence-electron chi connectivity index (χ1n) is 9.23. The van der Waals surface area contributed by atoms with Crippen LogP contribution < -0.4 is 5.32 Å². The van der Waals surface area contributed by atoms with Crippen LogP contribution >= 0.6 is 11.8 Å². The van der Waals surface area contributed by atoms with E-state index in [1.54, 1.807) is 38.2 Å². The van der Waals surface area contributed by atoms with Crippen molar-refractivity contribution >= 4 is 46.1 Å². The molecule has 1 heterocycles.